The van der Waals surface area contributed by atoms with Gasteiger partial charge in [-0.15, -0.1) is 0 Å². The first-order valence-corrected chi connectivity index (χ1v) is 14.0. The molecule has 4 heterocycles. The highest BCUT2D eigenvalue weighted by Gasteiger charge is 2.39. The zero-order valence-electron chi connectivity index (χ0n) is 23.1. The number of aromatic nitrogens is 4. The summed E-state index contributed by atoms with van der Waals surface area (Å²) < 4.78 is 55.1. The molecule has 3 aromatic rings. The van der Waals surface area contributed by atoms with Crippen LogP contribution in [0.15, 0.2) is 30.6 Å². The van der Waals surface area contributed by atoms with Gasteiger partial charge in [0.15, 0.2) is 18.3 Å². The molecule has 0 atom stereocenters. The van der Waals surface area contributed by atoms with Gasteiger partial charge in [0.25, 0.3) is 11.8 Å². The van der Waals surface area contributed by atoms with E-state index in [1.54, 1.807) is 9.80 Å². The Labute approximate surface area is 248 Å². The van der Waals surface area contributed by atoms with Crippen molar-refractivity contribution in [3.05, 3.63) is 52.7 Å². The number of alkyl halides is 4. The molecule has 0 bridgehead atoms. The standard InChI is InChI=1S/C27H29ClF4N8O3/c1-37-21(19-14-40(15-29)36-22(19)27(30,31)32)13-34-23(37)24(41)35-17-2-3-18(20(28)12-17)26(43)39-10-8-38(9-11-39)25(42)16-4-6-33-7-5-16/h2-3,12-14,16,33H,4-11,15H2,1H3,(H,35,41). The fourth-order valence-electron chi connectivity index (χ4n) is 5.33. The minimum Gasteiger partial charge on any atom is -0.339 e. The third kappa shape index (κ3) is 6.37. The van der Waals surface area contributed by atoms with Gasteiger partial charge in [-0.1, -0.05) is 11.6 Å². The normalized spacial score (nSPS) is 16.4. The van der Waals surface area contributed by atoms with Crippen LogP contribution in [0.25, 0.3) is 11.3 Å². The van der Waals surface area contributed by atoms with Gasteiger partial charge in [-0.2, -0.15) is 18.3 Å². The number of hydrogen-bond donors (Lipinski definition) is 2. The van der Waals surface area contributed by atoms with Crippen molar-refractivity contribution in [2.24, 2.45) is 13.0 Å². The first-order chi connectivity index (χ1) is 20.5. The number of carbonyl (C=O) groups is 3. The molecule has 16 heteroatoms. The summed E-state index contributed by atoms with van der Waals surface area (Å²) in [5.41, 5.74) is -1.37. The van der Waals surface area contributed by atoms with E-state index in [-0.39, 0.29) is 45.5 Å². The largest absolute Gasteiger partial charge is 0.435 e. The third-order valence-corrected chi connectivity index (χ3v) is 7.96. The van der Waals surface area contributed by atoms with Gasteiger partial charge in [0.1, 0.15) is 0 Å². The predicted molar refractivity (Wildman–Crippen MR) is 148 cm³/mol. The number of rotatable bonds is 6. The number of nitrogens with zero attached hydrogens (tertiary/aromatic N) is 6. The number of piperidine rings is 1. The molecule has 43 heavy (non-hydrogen) atoms. The minimum absolute atomic E-state index is 0.00999. The van der Waals surface area contributed by atoms with Gasteiger partial charge >= 0.3 is 6.18 Å². The highest BCUT2D eigenvalue weighted by atomic mass is 35.5. The molecule has 2 fully saturated rings. The van der Waals surface area contributed by atoms with E-state index in [4.69, 9.17) is 11.6 Å². The Morgan fingerprint density at radius 3 is 2.40 bits per heavy atom. The lowest BCUT2D eigenvalue weighted by Crippen LogP contribution is -2.52. The molecular formula is C27H29ClF4N8O3. The van der Waals surface area contributed by atoms with Crippen LogP contribution in [0, 0.1) is 5.92 Å². The monoisotopic (exact) mass is 624 g/mol. The molecule has 2 aliphatic rings. The molecule has 11 nitrogen and oxygen atoms in total. The van der Waals surface area contributed by atoms with Crippen molar-refractivity contribution >= 4 is 35.0 Å². The average Bonchev–Trinajstić information content (AvgIpc) is 3.60. The molecule has 3 amide bonds. The maximum Gasteiger partial charge on any atom is 0.435 e. The topological polar surface area (TPSA) is 117 Å². The smallest absolute Gasteiger partial charge is 0.339 e. The average molecular weight is 625 g/mol. The van der Waals surface area contributed by atoms with E-state index in [1.807, 2.05) is 0 Å². The van der Waals surface area contributed by atoms with E-state index >= 15 is 0 Å². The van der Waals surface area contributed by atoms with Crippen LogP contribution in [-0.2, 0) is 24.8 Å². The molecule has 0 spiro atoms. The summed E-state index contributed by atoms with van der Waals surface area (Å²) >= 11 is 6.41. The second kappa shape index (κ2) is 12.3. The number of anilines is 1. The molecule has 5 rings (SSSR count). The molecule has 2 aliphatic heterocycles. The summed E-state index contributed by atoms with van der Waals surface area (Å²) in [6.45, 7) is 1.99. The van der Waals surface area contributed by atoms with Crippen LogP contribution in [0.2, 0.25) is 5.02 Å². The van der Waals surface area contributed by atoms with Crippen LogP contribution < -0.4 is 10.6 Å². The van der Waals surface area contributed by atoms with Crippen LogP contribution in [0.5, 0.6) is 0 Å². The van der Waals surface area contributed by atoms with Crippen molar-refractivity contribution in [3.63, 3.8) is 0 Å². The Balaban J connectivity index is 1.23. The second-order valence-electron chi connectivity index (χ2n) is 10.4. The van der Waals surface area contributed by atoms with Crippen molar-refractivity contribution < 1.29 is 31.9 Å². The maximum absolute atomic E-state index is 13.5. The summed E-state index contributed by atoms with van der Waals surface area (Å²) in [6.07, 6.45) is -1.27. The SMILES string of the molecule is Cn1c(-c2cn(CF)nc2C(F)(F)F)cnc1C(=O)Nc1ccc(C(=O)N2CCN(C(=O)C3CCNCC3)CC2)c(Cl)c1. The summed E-state index contributed by atoms with van der Waals surface area (Å²) in [7, 11) is 1.35. The van der Waals surface area contributed by atoms with Gasteiger partial charge in [0.2, 0.25) is 5.91 Å². The van der Waals surface area contributed by atoms with Gasteiger partial charge in [-0.3, -0.25) is 14.4 Å². The maximum atomic E-state index is 13.5. The van der Waals surface area contributed by atoms with Crippen molar-refractivity contribution in [2.45, 2.75) is 25.8 Å². The fourth-order valence-corrected chi connectivity index (χ4v) is 5.59. The number of imidazole rings is 1. The van der Waals surface area contributed by atoms with Gasteiger partial charge in [0, 0.05) is 51.0 Å². The summed E-state index contributed by atoms with van der Waals surface area (Å²) in [5.74, 6) is -1.13. The first kappa shape index (κ1) is 30.5. The quantitative estimate of drug-likeness (QED) is 0.406. The molecule has 0 unspecified atom stereocenters. The summed E-state index contributed by atoms with van der Waals surface area (Å²) in [4.78, 5) is 46.3. The molecule has 2 N–H and O–H groups in total. The summed E-state index contributed by atoms with van der Waals surface area (Å²) in [5, 5.41) is 9.16. The van der Waals surface area contributed by atoms with Crippen LogP contribution in [0.3, 0.4) is 0 Å². The van der Waals surface area contributed by atoms with Crippen LogP contribution in [0.4, 0.5) is 23.2 Å². The lowest BCUT2D eigenvalue weighted by molar-refractivity contribution is -0.141. The van der Waals surface area contributed by atoms with Crippen molar-refractivity contribution in [2.75, 3.05) is 44.6 Å². The van der Waals surface area contributed by atoms with Crippen LogP contribution >= 0.6 is 11.6 Å². The highest BCUT2D eigenvalue weighted by molar-refractivity contribution is 6.34. The minimum atomic E-state index is -4.85. The lowest BCUT2D eigenvalue weighted by atomic mass is 9.96. The number of amides is 3. The summed E-state index contributed by atoms with van der Waals surface area (Å²) in [6, 6.07) is 4.34. The van der Waals surface area contributed by atoms with E-state index in [1.165, 1.54) is 25.2 Å². The van der Waals surface area contributed by atoms with Gasteiger partial charge < -0.3 is 25.0 Å². The van der Waals surface area contributed by atoms with Crippen LogP contribution in [-0.4, -0.2) is 86.1 Å². The van der Waals surface area contributed by atoms with Crippen molar-refractivity contribution in [1.82, 2.24) is 34.4 Å². The molecule has 2 aromatic heterocycles. The van der Waals surface area contributed by atoms with E-state index in [2.05, 4.69) is 20.7 Å². The van der Waals surface area contributed by atoms with Gasteiger partial charge in [-0.05, 0) is 44.1 Å². The Morgan fingerprint density at radius 2 is 1.77 bits per heavy atom. The first-order valence-electron chi connectivity index (χ1n) is 13.6. The van der Waals surface area contributed by atoms with Gasteiger partial charge in [0.05, 0.1) is 28.0 Å². The number of nitrogens with one attached hydrogen (secondary N) is 2. The fraction of sp³-hybridized carbons (Fsp3) is 0.444. The number of halogens is 5. The number of carbonyl (C=O) groups excluding carboxylic acids is 3. The Morgan fingerprint density at radius 1 is 1.09 bits per heavy atom. The lowest BCUT2D eigenvalue weighted by Gasteiger charge is -2.37. The molecule has 0 saturated carbocycles. The number of benzene rings is 1. The van der Waals surface area contributed by atoms with E-state index < -0.39 is 30.1 Å². The Kier molecular flexibility index (Phi) is 8.74. The third-order valence-electron chi connectivity index (χ3n) is 7.64. The molecule has 230 valence electrons. The van der Waals surface area contributed by atoms with Crippen molar-refractivity contribution in [3.8, 4) is 11.3 Å². The van der Waals surface area contributed by atoms with Crippen molar-refractivity contribution in [1.29, 1.82) is 0 Å². The van der Waals surface area contributed by atoms with E-state index in [9.17, 15) is 31.9 Å². The number of hydrogen-bond acceptors (Lipinski definition) is 6. The van der Waals surface area contributed by atoms with Gasteiger partial charge in [-0.25, -0.2) is 14.1 Å². The Bertz CT molecular complexity index is 1520. The zero-order chi connectivity index (χ0) is 30.9. The second-order valence-corrected chi connectivity index (χ2v) is 10.8. The molecule has 0 radical (unpaired) electrons. The predicted octanol–water partition coefficient (Wildman–Crippen LogP) is 3.42. The van der Waals surface area contributed by atoms with E-state index in [0.29, 0.717) is 30.9 Å². The van der Waals surface area contributed by atoms with Crippen LogP contribution in [0.1, 0.15) is 39.5 Å². The molecular weight excluding hydrogens is 596 g/mol. The zero-order valence-corrected chi connectivity index (χ0v) is 23.9. The Hall–Kier alpha value is -3.98. The molecule has 1 aromatic carbocycles. The number of piperazine rings is 1. The highest BCUT2D eigenvalue weighted by Crippen LogP contribution is 2.36. The molecule has 0 aliphatic carbocycles. The van der Waals surface area contributed by atoms with E-state index in [0.717, 1.165) is 42.9 Å². The molecule has 2 saturated heterocycles.